The molecular weight excluding hydrogens is 216 g/mol. The summed E-state index contributed by atoms with van der Waals surface area (Å²) in [4.78, 5) is 0. The molecule has 0 saturated carbocycles. The van der Waals surface area contributed by atoms with Gasteiger partial charge in [0, 0.05) is 6.61 Å². The van der Waals surface area contributed by atoms with Crippen LogP contribution in [0, 0.1) is 0 Å². The molecule has 0 heterocycles. The highest BCUT2D eigenvalue weighted by Gasteiger charge is 1.98. The van der Waals surface area contributed by atoms with Gasteiger partial charge in [-0.25, -0.2) is 0 Å². The summed E-state index contributed by atoms with van der Waals surface area (Å²) in [6.45, 7) is 4.76. The van der Waals surface area contributed by atoms with E-state index in [0.717, 1.165) is 17.7 Å². The first-order valence-electron chi connectivity index (χ1n) is 5.77. The fourth-order valence-corrected chi connectivity index (χ4v) is 1.42. The number of hydrogen-bond acceptors (Lipinski definition) is 3. The van der Waals surface area contributed by atoms with Gasteiger partial charge < -0.3 is 14.6 Å². The predicted octanol–water partition coefficient (Wildman–Crippen LogP) is 2.54. The summed E-state index contributed by atoms with van der Waals surface area (Å²) in [6, 6.07) is 7.80. The topological polar surface area (TPSA) is 38.7 Å². The number of aliphatic hydroxyl groups is 1. The summed E-state index contributed by atoms with van der Waals surface area (Å²) < 4.78 is 10.6. The van der Waals surface area contributed by atoms with Crippen molar-refractivity contribution in [3.8, 4) is 5.75 Å². The van der Waals surface area contributed by atoms with E-state index in [0.29, 0.717) is 19.6 Å². The van der Waals surface area contributed by atoms with Gasteiger partial charge in [-0.15, -0.1) is 6.58 Å². The van der Waals surface area contributed by atoms with Crippen molar-refractivity contribution >= 4 is 0 Å². The van der Waals surface area contributed by atoms with Crippen LogP contribution < -0.4 is 4.74 Å². The Labute approximate surface area is 103 Å². The third kappa shape index (κ3) is 5.52. The van der Waals surface area contributed by atoms with E-state index in [1.165, 1.54) is 0 Å². The third-order valence-electron chi connectivity index (χ3n) is 2.49. The molecule has 3 nitrogen and oxygen atoms in total. The maximum Gasteiger partial charge on any atom is 0.118 e. The maximum absolute atomic E-state index is 9.24. The minimum Gasteiger partial charge on any atom is -0.497 e. The molecular formula is C14H20O3. The minimum absolute atomic E-state index is 0.417. The number of methoxy groups -OCH3 is 1. The number of aliphatic hydroxyl groups excluding tert-OH is 1. The van der Waals surface area contributed by atoms with Crippen LogP contribution in [0.5, 0.6) is 5.75 Å². The van der Waals surface area contributed by atoms with Crippen LogP contribution in [0.25, 0.3) is 0 Å². The molecule has 0 aliphatic carbocycles. The molecule has 0 amide bonds. The molecule has 94 valence electrons. The van der Waals surface area contributed by atoms with Crippen LogP contribution in [0.15, 0.2) is 36.9 Å². The molecule has 0 spiro atoms. The van der Waals surface area contributed by atoms with E-state index in [-0.39, 0.29) is 0 Å². The van der Waals surface area contributed by atoms with E-state index in [2.05, 4.69) is 6.58 Å². The van der Waals surface area contributed by atoms with E-state index in [1.807, 2.05) is 24.3 Å². The molecule has 1 rings (SSSR count). The molecule has 0 aliphatic heterocycles. The molecule has 0 saturated heterocycles. The smallest absolute Gasteiger partial charge is 0.118 e. The molecule has 0 bridgehead atoms. The van der Waals surface area contributed by atoms with Crippen LogP contribution in [0.2, 0.25) is 0 Å². The first kappa shape index (κ1) is 13.7. The average Bonchev–Trinajstić information content (AvgIpc) is 2.38. The zero-order chi connectivity index (χ0) is 12.5. The van der Waals surface area contributed by atoms with Gasteiger partial charge in [-0.2, -0.15) is 0 Å². The van der Waals surface area contributed by atoms with Gasteiger partial charge >= 0.3 is 0 Å². The summed E-state index contributed by atoms with van der Waals surface area (Å²) in [6.07, 6.45) is 2.67. The van der Waals surface area contributed by atoms with Gasteiger partial charge in [-0.3, -0.25) is 0 Å². The Hall–Kier alpha value is -1.32. The summed E-state index contributed by atoms with van der Waals surface area (Å²) in [5, 5.41) is 9.24. The lowest BCUT2D eigenvalue weighted by molar-refractivity contribution is 0.106. The molecule has 0 fully saturated rings. The van der Waals surface area contributed by atoms with Gasteiger partial charge in [0.05, 0.1) is 19.8 Å². The highest BCUT2D eigenvalue weighted by molar-refractivity contribution is 5.26. The Morgan fingerprint density at radius 1 is 1.35 bits per heavy atom. The van der Waals surface area contributed by atoms with Gasteiger partial charge in [0.2, 0.25) is 0 Å². The SMILES string of the molecule is C=CC(O)CCCOCc1ccc(OC)cc1. The highest BCUT2D eigenvalue weighted by Crippen LogP contribution is 2.12. The summed E-state index contributed by atoms with van der Waals surface area (Å²) in [5.74, 6) is 0.850. The monoisotopic (exact) mass is 236 g/mol. The number of rotatable bonds is 8. The van der Waals surface area contributed by atoms with Crippen molar-refractivity contribution in [2.75, 3.05) is 13.7 Å². The lowest BCUT2D eigenvalue weighted by Gasteiger charge is -2.07. The van der Waals surface area contributed by atoms with Crippen LogP contribution in [0.3, 0.4) is 0 Å². The Balaban J connectivity index is 2.15. The summed E-state index contributed by atoms with van der Waals surface area (Å²) >= 11 is 0. The van der Waals surface area contributed by atoms with Crippen LogP contribution in [-0.4, -0.2) is 24.9 Å². The maximum atomic E-state index is 9.24. The second kappa shape index (κ2) is 7.87. The molecule has 1 aromatic carbocycles. The van der Waals surface area contributed by atoms with Crippen molar-refractivity contribution in [1.29, 1.82) is 0 Å². The highest BCUT2D eigenvalue weighted by atomic mass is 16.5. The van der Waals surface area contributed by atoms with E-state index < -0.39 is 6.10 Å². The third-order valence-corrected chi connectivity index (χ3v) is 2.49. The fourth-order valence-electron chi connectivity index (χ4n) is 1.42. The zero-order valence-electron chi connectivity index (χ0n) is 10.3. The van der Waals surface area contributed by atoms with Gasteiger partial charge in [0.1, 0.15) is 5.75 Å². The van der Waals surface area contributed by atoms with Crippen molar-refractivity contribution < 1.29 is 14.6 Å². The summed E-state index contributed by atoms with van der Waals surface area (Å²) in [7, 11) is 1.65. The van der Waals surface area contributed by atoms with Crippen molar-refractivity contribution in [3.63, 3.8) is 0 Å². The second-order valence-electron chi connectivity index (χ2n) is 3.85. The largest absolute Gasteiger partial charge is 0.497 e. The van der Waals surface area contributed by atoms with E-state index in [1.54, 1.807) is 13.2 Å². The first-order valence-corrected chi connectivity index (χ1v) is 5.77. The van der Waals surface area contributed by atoms with Crippen molar-refractivity contribution in [1.82, 2.24) is 0 Å². The molecule has 0 radical (unpaired) electrons. The van der Waals surface area contributed by atoms with Gasteiger partial charge in [-0.1, -0.05) is 18.2 Å². The van der Waals surface area contributed by atoms with Gasteiger partial charge in [-0.05, 0) is 30.5 Å². The summed E-state index contributed by atoms with van der Waals surface area (Å²) in [5.41, 5.74) is 1.12. The predicted molar refractivity (Wildman–Crippen MR) is 68.1 cm³/mol. The molecule has 17 heavy (non-hydrogen) atoms. The normalized spacial score (nSPS) is 12.1. The molecule has 0 aliphatic rings. The quantitative estimate of drug-likeness (QED) is 0.557. The second-order valence-corrected chi connectivity index (χ2v) is 3.85. The molecule has 1 aromatic rings. The van der Waals surface area contributed by atoms with E-state index in [9.17, 15) is 5.11 Å². The Bertz CT molecular complexity index is 319. The van der Waals surface area contributed by atoms with Crippen molar-refractivity contribution in [2.24, 2.45) is 0 Å². The molecule has 1 N–H and O–H groups in total. The van der Waals surface area contributed by atoms with Gasteiger partial charge in [0.15, 0.2) is 0 Å². The molecule has 1 atom stereocenters. The molecule has 3 heteroatoms. The minimum atomic E-state index is -0.417. The molecule has 0 aromatic heterocycles. The van der Waals surface area contributed by atoms with E-state index >= 15 is 0 Å². The average molecular weight is 236 g/mol. The Morgan fingerprint density at radius 2 is 2.06 bits per heavy atom. The lowest BCUT2D eigenvalue weighted by Crippen LogP contribution is -2.04. The standard InChI is InChI=1S/C14H20O3/c1-3-13(15)5-4-10-17-11-12-6-8-14(16-2)9-7-12/h3,6-9,13,15H,1,4-5,10-11H2,2H3. The zero-order valence-corrected chi connectivity index (χ0v) is 10.3. The van der Waals surface area contributed by atoms with Crippen LogP contribution >= 0.6 is 0 Å². The number of benzene rings is 1. The molecule has 1 unspecified atom stereocenters. The Morgan fingerprint density at radius 3 is 2.65 bits per heavy atom. The Kier molecular flexibility index (Phi) is 6.37. The number of hydrogen-bond donors (Lipinski definition) is 1. The van der Waals surface area contributed by atoms with Crippen LogP contribution in [0.1, 0.15) is 18.4 Å². The van der Waals surface area contributed by atoms with Crippen molar-refractivity contribution in [2.45, 2.75) is 25.6 Å². The van der Waals surface area contributed by atoms with E-state index in [4.69, 9.17) is 9.47 Å². The first-order chi connectivity index (χ1) is 8.26. The van der Waals surface area contributed by atoms with Crippen LogP contribution in [-0.2, 0) is 11.3 Å². The van der Waals surface area contributed by atoms with Crippen molar-refractivity contribution in [3.05, 3.63) is 42.5 Å². The number of ether oxygens (including phenoxy) is 2. The fraction of sp³-hybridized carbons (Fsp3) is 0.429. The van der Waals surface area contributed by atoms with Crippen LogP contribution in [0.4, 0.5) is 0 Å². The van der Waals surface area contributed by atoms with Gasteiger partial charge in [0.25, 0.3) is 0 Å². The lowest BCUT2D eigenvalue weighted by atomic mass is 10.2.